The summed E-state index contributed by atoms with van der Waals surface area (Å²) in [6.07, 6.45) is 1.49. The van der Waals surface area contributed by atoms with Gasteiger partial charge in [-0.05, 0) is 42.5 Å². The lowest BCUT2D eigenvalue weighted by Gasteiger charge is -2.09. The van der Waals surface area contributed by atoms with Crippen LogP contribution in [0.5, 0.6) is 17.2 Å². The first-order chi connectivity index (χ1) is 13.1. The topological polar surface area (TPSA) is 74.0 Å². The van der Waals surface area contributed by atoms with Gasteiger partial charge in [0.05, 0.1) is 17.7 Å². The first kappa shape index (κ1) is 18.4. The fourth-order valence-electron chi connectivity index (χ4n) is 2.32. The number of nitro groups is 1. The van der Waals surface area contributed by atoms with Crippen LogP contribution in [0.3, 0.4) is 0 Å². The Hall–Kier alpha value is -3.38. The summed E-state index contributed by atoms with van der Waals surface area (Å²) >= 11 is 6.07. The van der Waals surface area contributed by atoms with E-state index < -0.39 is 4.92 Å². The van der Waals surface area contributed by atoms with Crippen molar-refractivity contribution in [3.8, 4) is 17.2 Å². The molecule has 0 bridgehead atoms. The molecule has 0 saturated heterocycles. The number of hydrogen-bond donors (Lipinski definition) is 0. The summed E-state index contributed by atoms with van der Waals surface area (Å²) in [5.41, 5.74) is 1.09. The molecule has 0 heterocycles. The van der Waals surface area contributed by atoms with E-state index in [2.05, 4.69) is 4.99 Å². The molecule has 136 valence electrons. The Bertz CT molecular complexity index is 988. The molecule has 6 nitrogen and oxygen atoms in total. The van der Waals surface area contributed by atoms with Gasteiger partial charge in [0, 0.05) is 28.9 Å². The molecule has 0 saturated carbocycles. The molecule has 3 aromatic carbocycles. The predicted molar refractivity (Wildman–Crippen MR) is 105 cm³/mol. The number of benzene rings is 3. The molecule has 7 heteroatoms. The van der Waals surface area contributed by atoms with Gasteiger partial charge in [-0.2, -0.15) is 0 Å². The molecule has 27 heavy (non-hydrogen) atoms. The van der Waals surface area contributed by atoms with E-state index >= 15 is 0 Å². The average molecular weight is 383 g/mol. The second-order valence-electron chi connectivity index (χ2n) is 5.47. The van der Waals surface area contributed by atoms with Crippen LogP contribution in [0.4, 0.5) is 11.4 Å². The Morgan fingerprint density at radius 3 is 2.41 bits per heavy atom. The van der Waals surface area contributed by atoms with E-state index in [-0.39, 0.29) is 5.69 Å². The fourth-order valence-corrected chi connectivity index (χ4v) is 2.48. The van der Waals surface area contributed by atoms with Crippen LogP contribution in [-0.4, -0.2) is 18.2 Å². The minimum absolute atomic E-state index is 0.0404. The van der Waals surface area contributed by atoms with Gasteiger partial charge in [0.15, 0.2) is 11.5 Å². The molecule has 0 unspecified atom stereocenters. The smallest absolute Gasteiger partial charge is 0.270 e. The molecule has 0 aromatic heterocycles. The summed E-state index contributed by atoms with van der Waals surface area (Å²) in [5.74, 6) is 1.88. The normalized spacial score (nSPS) is 10.7. The minimum Gasteiger partial charge on any atom is -0.493 e. The number of para-hydroxylation sites is 2. The van der Waals surface area contributed by atoms with Gasteiger partial charge in [0.1, 0.15) is 5.75 Å². The van der Waals surface area contributed by atoms with Crippen LogP contribution in [0.25, 0.3) is 0 Å². The highest BCUT2D eigenvalue weighted by Crippen LogP contribution is 2.31. The minimum atomic E-state index is -0.475. The van der Waals surface area contributed by atoms with Crippen LogP contribution in [-0.2, 0) is 0 Å². The van der Waals surface area contributed by atoms with Crippen LogP contribution >= 0.6 is 11.6 Å². The average Bonchev–Trinajstić information content (AvgIpc) is 2.68. The van der Waals surface area contributed by atoms with Gasteiger partial charge >= 0.3 is 0 Å². The highest BCUT2D eigenvalue weighted by atomic mass is 35.5. The monoisotopic (exact) mass is 382 g/mol. The van der Waals surface area contributed by atoms with Crippen LogP contribution in [0.2, 0.25) is 5.02 Å². The van der Waals surface area contributed by atoms with Crippen molar-refractivity contribution in [2.75, 3.05) is 7.11 Å². The third-order valence-corrected chi connectivity index (χ3v) is 4.02. The van der Waals surface area contributed by atoms with E-state index in [0.29, 0.717) is 33.5 Å². The standard InChI is InChI=1S/C20H15ClN2O4/c1-26-19-4-2-3-5-20(19)27-17-9-6-15(7-10-17)22-13-14-12-16(23(24)25)8-11-18(14)21/h2-13H,1H3. The summed E-state index contributed by atoms with van der Waals surface area (Å²) < 4.78 is 11.1. The van der Waals surface area contributed by atoms with E-state index in [1.165, 1.54) is 24.4 Å². The van der Waals surface area contributed by atoms with Crippen molar-refractivity contribution in [1.82, 2.24) is 0 Å². The highest BCUT2D eigenvalue weighted by molar-refractivity contribution is 6.33. The second kappa shape index (κ2) is 8.33. The van der Waals surface area contributed by atoms with Gasteiger partial charge in [-0.15, -0.1) is 0 Å². The van der Waals surface area contributed by atoms with E-state index in [0.717, 1.165) is 0 Å². The Labute approximate surface area is 160 Å². The van der Waals surface area contributed by atoms with Crippen LogP contribution in [0, 0.1) is 10.1 Å². The lowest BCUT2D eigenvalue weighted by Crippen LogP contribution is -1.91. The Balaban J connectivity index is 1.75. The molecule has 0 radical (unpaired) electrons. The molecule has 0 atom stereocenters. The lowest BCUT2D eigenvalue weighted by molar-refractivity contribution is -0.384. The maximum atomic E-state index is 10.9. The molecule has 0 N–H and O–H groups in total. The van der Waals surface area contributed by atoms with Crippen LogP contribution < -0.4 is 9.47 Å². The van der Waals surface area contributed by atoms with E-state index in [1.807, 2.05) is 24.3 Å². The quantitative estimate of drug-likeness (QED) is 0.307. The van der Waals surface area contributed by atoms with Crippen molar-refractivity contribution < 1.29 is 14.4 Å². The van der Waals surface area contributed by atoms with E-state index in [4.69, 9.17) is 21.1 Å². The van der Waals surface area contributed by atoms with E-state index in [9.17, 15) is 10.1 Å². The van der Waals surface area contributed by atoms with Crippen molar-refractivity contribution in [3.63, 3.8) is 0 Å². The SMILES string of the molecule is COc1ccccc1Oc1ccc(N=Cc2cc([N+](=O)[O-])ccc2Cl)cc1. The maximum Gasteiger partial charge on any atom is 0.270 e. The first-order valence-electron chi connectivity index (χ1n) is 7.96. The molecule has 3 aromatic rings. The van der Waals surface area contributed by atoms with Crippen molar-refractivity contribution in [2.45, 2.75) is 0 Å². The number of methoxy groups -OCH3 is 1. The summed E-state index contributed by atoms with van der Waals surface area (Å²) in [7, 11) is 1.58. The zero-order valence-electron chi connectivity index (χ0n) is 14.3. The van der Waals surface area contributed by atoms with Crippen molar-refractivity contribution in [1.29, 1.82) is 0 Å². The van der Waals surface area contributed by atoms with Gasteiger partial charge in [-0.3, -0.25) is 15.1 Å². The molecule has 0 aliphatic carbocycles. The van der Waals surface area contributed by atoms with Crippen LogP contribution in [0.1, 0.15) is 5.56 Å². The zero-order chi connectivity index (χ0) is 19.2. The molecular weight excluding hydrogens is 368 g/mol. The summed E-state index contributed by atoms with van der Waals surface area (Å²) in [5, 5.41) is 11.3. The van der Waals surface area contributed by atoms with Gasteiger partial charge in [-0.25, -0.2) is 0 Å². The van der Waals surface area contributed by atoms with Gasteiger partial charge in [0.25, 0.3) is 5.69 Å². The van der Waals surface area contributed by atoms with Crippen LogP contribution in [0.15, 0.2) is 71.7 Å². The number of nitrogens with zero attached hydrogens (tertiary/aromatic N) is 2. The third kappa shape index (κ3) is 4.62. The molecule has 0 spiro atoms. The second-order valence-corrected chi connectivity index (χ2v) is 5.88. The molecule has 3 rings (SSSR count). The number of aliphatic imine (C=N–C) groups is 1. The summed E-state index contributed by atoms with van der Waals surface area (Å²) in [6.45, 7) is 0. The van der Waals surface area contributed by atoms with Crippen molar-refractivity contribution >= 4 is 29.2 Å². The number of nitro benzene ring substituents is 1. The molecule has 0 aliphatic heterocycles. The number of ether oxygens (including phenoxy) is 2. The fraction of sp³-hybridized carbons (Fsp3) is 0.0500. The lowest BCUT2D eigenvalue weighted by atomic mass is 10.2. The third-order valence-electron chi connectivity index (χ3n) is 3.68. The van der Waals surface area contributed by atoms with Crippen molar-refractivity contribution in [3.05, 3.63) is 87.4 Å². The van der Waals surface area contributed by atoms with Gasteiger partial charge in [0.2, 0.25) is 0 Å². The highest BCUT2D eigenvalue weighted by Gasteiger charge is 2.08. The molecular formula is C20H15ClN2O4. The predicted octanol–water partition coefficient (Wildman–Crippen LogP) is 5.80. The molecule has 0 amide bonds. The van der Waals surface area contributed by atoms with Crippen molar-refractivity contribution in [2.24, 2.45) is 4.99 Å². The maximum absolute atomic E-state index is 10.9. The number of rotatable bonds is 6. The molecule has 0 aliphatic rings. The van der Waals surface area contributed by atoms with Gasteiger partial charge in [-0.1, -0.05) is 23.7 Å². The van der Waals surface area contributed by atoms with E-state index in [1.54, 1.807) is 31.4 Å². The number of hydrogen-bond acceptors (Lipinski definition) is 5. The summed E-state index contributed by atoms with van der Waals surface area (Å²) in [6, 6.07) is 18.6. The molecule has 0 fully saturated rings. The summed E-state index contributed by atoms with van der Waals surface area (Å²) in [4.78, 5) is 14.7. The Kier molecular flexibility index (Phi) is 5.68. The van der Waals surface area contributed by atoms with Gasteiger partial charge < -0.3 is 9.47 Å². The number of non-ortho nitro benzene ring substituents is 1. The zero-order valence-corrected chi connectivity index (χ0v) is 15.1. The Morgan fingerprint density at radius 1 is 1.04 bits per heavy atom. The Morgan fingerprint density at radius 2 is 1.74 bits per heavy atom. The number of halogens is 1. The first-order valence-corrected chi connectivity index (χ1v) is 8.33. The largest absolute Gasteiger partial charge is 0.493 e.